The van der Waals surface area contributed by atoms with Crippen LogP contribution in [0.25, 0.3) is 0 Å². The number of fused-ring (bicyclic) bond motifs is 1. The van der Waals surface area contributed by atoms with Gasteiger partial charge in [-0.05, 0) is 36.1 Å². The highest BCUT2D eigenvalue weighted by molar-refractivity contribution is 5.57. The molecule has 0 unspecified atom stereocenters. The first-order chi connectivity index (χ1) is 9.24. The monoisotopic (exact) mass is 260 g/mol. The van der Waals surface area contributed by atoms with E-state index in [1.807, 2.05) is 17.0 Å². The predicted molar refractivity (Wildman–Crippen MR) is 70.0 cm³/mol. The topological polar surface area (TPSA) is 16.1 Å². The van der Waals surface area contributed by atoms with E-state index in [0.29, 0.717) is 12.2 Å². The highest BCUT2D eigenvalue weighted by Gasteiger charge is 2.21. The third-order valence-electron chi connectivity index (χ3n) is 3.39. The summed E-state index contributed by atoms with van der Waals surface area (Å²) < 4.78 is 27.2. The smallest absolute Gasteiger partial charge is 0.149 e. The van der Waals surface area contributed by atoms with E-state index in [2.05, 4.69) is 4.98 Å². The van der Waals surface area contributed by atoms with Crippen LogP contribution in [0.15, 0.2) is 36.7 Å². The minimum Gasteiger partial charge on any atom is -0.365 e. The number of hydrogen-bond acceptors (Lipinski definition) is 2. The van der Waals surface area contributed by atoms with Gasteiger partial charge in [0.25, 0.3) is 0 Å². The predicted octanol–water partition coefficient (Wildman–Crippen LogP) is 3.31. The average molecular weight is 260 g/mol. The molecule has 0 atom stereocenters. The maximum absolute atomic E-state index is 14.0. The van der Waals surface area contributed by atoms with Crippen LogP contribution in [0.3, 0.4) is 0 Å². The van der Waals surface area contributed by atoms with Crippen molar-refractivity contribution in [3.63, 3.8) is 0 Å². The molecular weight excluding hydrogens is 246 g/mol. The summed E-state index contributed by atoms with van der Waals surface area (Å²) in [7, 11) is 0. The van der Waals surface area contributed by atoms with E-state index >= 15 is 0 Å². The number of benzene rings is 1. The number of hydrogen-bond donors (Lipinski definition) is 0. The fourth-order valence-corrected chi connectivity index (χ4v) is 2.61. The number of aryl methyl sites for hydroxylation is 1. The lowest BCUT2D eigenvalue weighted by Crippen LogP contribution is -2.30. The minimum atomic E-state index is -0.500. The Balaban J connectivity index is 1.94. The molecule has 2 heterocycles. The van der Waals surface area contributed by atoms with Crippen LogP contribution < -0.4 is 4.90 Å². The van der Waals surface area contributed by atoms with Crippen molar-refractivity contribution in [1.82, 2.24) is 4.98 Å². The molecule has 3 rings (SSSR count). The average Bonchev–Trinajstić information content (AvgIpc) is 2.39. The number of aromatic nitrogens is 1. The lowest BCUT2D eigenvalue weighted by molar-refractivity contribution is 0.561. The van der Waals surface area contributed by atoms with Crippen LogP contribution >= 0.6 is 0 Å². The van der Waals surface area contributed by atoms with Gasteiger partial charge in [-0.15, -0.1) is 0 Å². The van der Waals surface area contributed by atoms with Crippen molar-refractivity contribution < 1.29 is 8.78 Å². The van der Waals surface area contributed by atoms with Gasteiger partial charge in [0.1, 0.15) is 11.6 Å². The molecule has 1 aliphatic heterocycles. The van der Waals surface area contributed by atoms with Crippen LogP contribution in [0.2, 0.25) is 0 Å². The second-order valence-electron chi connectivity index (χ2n) is 4.78. The number of halogens is 2. The van der Waals surface area contributed by atoms with Crippen molar-refractivity contribution in [1.29, 1.82) is 0 Å². The first-order valence-corrected chi connectivity index (χ1v) is 6.36. The van der Waals surface area contributed by atoms with Crippen molar-refractivity contribution in [3.05, 3.63) is 59.4 Å². The molecule has 4 heteroatoms. The van der Waals surface area contributed by atoms with Crippen LogP contribution in [0, 0.1) is 11.6 Å². The standard InChI is InChI=1S/C15H14F2N2/c16-13-7-12-4-2-6-19(15(12)14(17)8-13)10-11-3-1-5-18-9-11/h1,3,5,7-9H,2,4,6,10H2. The molecule has 1 aromatic heterocycles. The summed E-state index contributed by atoms with van der Waals surface area (Å²) in [5.74, 6) is -0.974. The maximum atomic E-state index is 14.0. The highest BCUT2D eigenvalue weighted by Crippen LogP contribution is 2.31. The van der Waals surface area contributed by atoms with Gasteiger partial charge >= 0.3 is 0 Å². The molecule has 0 spiro atoms. The molecule has 0 saturated heterocycles. The summed E-state index contributed by atoms with van der Waals surface area (Å²) in [4.78, 5) is 6.03. The van der Waals surface area contributed by atoms with E-state index in [-0.39, 0.29) is 0 Å². The molecule has 1 aliphatic rings. The van der Waals surface area contributed by atoms with Gasteiger partial charge in [-0.2, -0.15) is 0 Å². The van der Waals surface area contributed by atoms with Gasteiger partial charge in [-0.3, -0.25) is 4.98 Å². The molecule has 0 radical (unpaired) electrons. The van der Waals surface area contributed by atoms with E-state index in [0.717, 1.165) is 36.6 Å². The Hall–Kier alpha value is -1.97. The Morgan fingerprint density at radius 2 is 2.16 bits per heavy atom. The van der Waals surface area contributed by atoms with E-state index in [1.54, 1.807) is 12.4 Å². The van der Waals surface area contributed by atoms with Crippen LogP contribution in [-0.2, 0) is 13.0 Å². The number of nitrogens with zero attached hydrogens (tertiary/aromatic N) is 2. The van der Waals surface area contributed by atoms with E-state index in [1.165, 1.54) is 6.07 Å². The lowest BCUT2D eigenvalue weighted by atomic mass is 10.0. The van der Waals surface area contributed by atoms with Crippen molar-refractivity contribution in [3.8, 4) is 0 Å². The third kappa shape index (κ3) is 2.43. The Labute approximate surface area is 110 Å². The molecule has 1 aromatic carbocycles. The van der Waals surface area contributed by atoms with Gasteiger partial charge in [-0.25, -0.2) is 8.78 Å². The van der Waals surface area contributed by atoms with Crippen LogP contribution in [0.4, 0.5) is 14.5 Å². The molecule has 2 nitrogen and oxygen atoms in total. The Bertz CT molecular complexity index is 584. The highest BCUT2D eigenvalue weighted by atomic mass is 19.1. The Morgan fingerprint density at radius 3 is 2.95 bits per heavy atom. The summed E-state index contributed by atoms with van der Waals surface area (Å²) in [6.45, 7) is 1.38. The molecule has 0 amide bonds. The summed E-state index contributed by atoms with van der Waals surface area (Å²) in [5.41, 5.74) is 2.32. The largest absolute Gasteiger partial charge is 0.365 e. The van der Waals surface area contributed by atoms with Crippen molar-refractivity contribution in [2.24, 2.45) is 0 Å². The maximum Gasteiger partial charge on any atom is 0.149 e. The molecule has 0 saturated carbocycles. The minimum absolute atomic E-state index is 0.474. The number of pyridine rings is 1. The normalized spacial score (nSPS) is 14.3. The molecule has 19 heavy (non-hydrogen) atoms. The van der Waals surface area contributed by atoms with Gasteiger partial charge in [-0.1, -0.05) is 6.07 Å². The fourth-order valence-electron chi connectivity index (χ4n) is 2.61. The third-order valence-corrected chi connectivity index (χ3v) is 3.39. The zero-order chi connectivity index (χ0) is 13.2. The zero-order valence-corrected chi connectivity index (χ0v) is 10.4. The van der Waals surface area contributed by atoms with Gasteiger partial charge in [0.05, 0.1) is 5.69 Å². The molecule has 2 aromatic rings. The second-order valence-corrected chi connectivity index (χ2v) is 4.78. The zero-order valence-electron chi connectivity index (χ0n) is 10.4. The summed E-state index contributed by atoms with van der Waals surface area (Å²) in [6, 6.07) is 6.22. The number of anilines is 1. The molecule has 0 aliphatic carbocycles. The quantitative estimate of drug-likeness (QED) is 0.823. The van der Waals surface area contributed by atoms with Crippen molar-refractivity contribution >= 4 is 5.69 Å². The first kappa shape index (κ1) is 12.1. The van der Waals surface area contributed by atoms with Crippen LogP contribution in [0.5, 0.6) is 0 Å². The SMILES string of the molecule is Fc1cc(F)c2c(c1)CCCN2Cc1cccnc1. The summed E-state index contributed by atoms with van der Waals surface area (Å²) in [6.07, 6.45) is 5.13. The Morgan fingerprint density at radius 1 is 1.26 bits per heavy atom. The Kier molecular flexibility index (Phi) is 3.15. The first-order valence-electron chi connectivity index (χ1n) is 6.36. The summed E-state index contributed by atoms with van der Waals surface area (Å²) in [5, 5.41) is 0. The fraction of sp³-hybridized carbons (Fsp3) is 0.267. The van der Waals surface area contributed by atoms with Gasteiger partial charge < -0.3 is 4.90 Å². The molecule has 98 valence electrons. The molecule has 0 N–H and O–H groups in total. The van der Waals surface area contributed by atoms with E-state index in [9.17, 15) is 8.78 Å². The van der Waals surface area contributed by atoms with Gasteiger partial charge in [0.2, 0.25) is 0 Å². The molecule has 0 bridgehead atoms. The second kappa shape index (κ2) is 4.96. The van der Waals surface area contributed by atoms with Crippen molar-refractivity contribution in [2.45, 2.75) is 19.4 Å². The molecular formula is C15H14F2N2. The molecule has 0 fully saturated rings. The van der Waals surface area contributed by atoms with E-state index < -0.39 is 11.6 Å². The van der Waals surface area contributed by atoms with Gasteiger partial charge in [0, 0.05) is 31.5 Å². The van der Waals surface area contributed by atoms with E-state index in [4.69, 9.17) is 0 Å². The van der Waals surface area contributed by atoms with Gasteiger partial charge in [0.15, 0.2) is 0 Å². The number of rotatable bonds is 2. The van der Waals surface area contributed by atoms with Crippen LogP contribution in [-0.4, -0.2) is 11.5 Å². The summed E-state index contributed by atoms with van der Waals surface area (Å²) >= 11 is 0. The van der Waals surface area contributed by atoms with Crippen LogP contribution in [0.1, 0.15) is 17.5 Å². The lowest BCUT2D eigenvalue weighted by Gasteiger charge is -2.31. The van der Waals surface area contributed by atoms with Crippen molar-refractivity contribution in [2.75, 3.05) is 11.4 Å².